The topological polar surface area (TPSA) is 44.4 Å². The number of carbonyl (C=O) groups excluding carboxylic acids is 1. The number of hydrogen-bond donors (Lipinski definition) is 2. The fourth-order valence-corrected chi connectivity index (χ4v) is 3.79. The Bertz CT molecular complexity index is 301. The standard InChI is InChI=1S/C14H25N3O/c18-14(11-4-3-7-15-10-11)16-12-6-9-17-8-2-1-5-13(12)17/h11-13,15H,1-10H2,(H,16,18)/t11-,12?,13?/m0/s1. The van der Waals surface area contributed by atoms with Gasteiger partial charge < -0.3 is 10.6 Å². The quantitative estimate of drug-likeness (QED) is 0.760. The number of fused-ring (bicyclic) bond motifs is 1. The van der Waals surface area contributed by atoms with Gasteiger partial charge in [0.2, 0.25) is 5.91 Å². The largest absolute Gasteiger partial charge is 0.351 e. The second-order valence-corrected chi connectivity index (χ2v) is 6.05. The minimum Gasteiger partial charge on any atom is -0.351 e. The fraction of sp³-hybridized carbons (Fsp3) is 0.929. The van der Waals surface area contributed by atoms with Gasteiger partial charge in [-0.2, -0.15) is 0 Å². The van der Waals surface area contributed by atoms with Crippen molar-refractivity contribution in [2.45, 2.75) is 50.6 Å². The van der Waals surface area contributed by atoms with Gasteiger partial charge in [0.1, 0.15) is 0 Å². The Balaban J connectivity index is 1.54. The summed E-state index contributed by atoms with van der Waals surface area (Å²) in [7, 11) is 0. The van der Waals surface area contributed by atoms with Crippen molar-refractivity contribution in [3.63, 3.8) is 0 Å². The lowest BCUT2D eigenvalue weighted by atomic mass is 9.96. The molecule has 0 aliphatic carbocycles. The highest BCUT2D eigenvalue weighted by Gasteiger charge is 2.37. The molecule has 0 aromatic rings. The number of amides is 1. The summed E-state index contributed by atoms with van der Waals surface area (Å²) >= 11 is 0. The molecule has 0 radical (unpaired) electrons. The predicted molar refractivity (Wildman–Crippen MR) is 71.4 cm³/mol. The monoisotopic (exact) mass is 251 g/mol. The summed E-state index contributed by atoms with van der Waals surface area (Å²) in [5, 5.41) is 6.65. The van der Waals surface area contributed by atoms with E-state index in [0.29, 0.717) is 18.0 Å². The van der Waals surface area contributed by atoms with Crippen LogP contribution in [0.3, 0.4) is 0 Å². The smallest absolute Gasteiger partial charge is 0.224 e. The molecule has 0 aromatic heterocycles. The molecule has 3 rings (SSSR count). The zero-order valence-corrected chi connectivity index (χ0v) is 11.2. The van der Waals surface area contributed by atoms with E-state index < -0.39 is 0 Å². The van der Waals surface area contributed by atoms with Gasteiger partial charge in [-0.05, 0) is 45.2 Å². The molecule has 2 unspecified atom stereocenters. The summed E-state index contributed by atoms with van der Waals surface area (Å²) in [5.74, 6) is 0.496. The Morgan fingerprint density at radius 1 is 1.11 bits per heavy atom. The number of piperidine rings is 2. The molecule has 3 atom stereocenters. The van der Waals surface area contributed by atoms with E-state index in [1.807, 2.05) is 0 Å². The van der Waals surface area contributed by atoms with E-state index in [4.69, 9.17) is 0 Å². The van der Waals surface area contributed by atoms with Gasteiger partial charge >= 0.3 is 0 Å². The van der Waals surface area contributed by atoms with E-state index in [1.54, 1.807) is 0 Å². The molecular formula is C14H25N3O. The molecule has 0 spiro atoms. The van der Waals surface area contributed by atoms with Crippen molar-refractivity contribution in [3.8, 4) is 0 Å². The van der Waals surface area contributed by atoms with Gasteiger partial charge in [-0.1, -0.05) is 6.42 Å². The average molecular weight is 251 g/mol. The highest BCUT2D eigenvalue weighted by molar-refractivity contribution is 5.79. The summed E-state index contributed by atoms with van der Waals surface area (Å²) in [5.41, 5.74) is 0. The first kappa shape index (κ1) is 12.4. The van der Waals surface area contributed by atoms with Gasteiger partial charge in [-0.25, -0.2) is 0 Å². The van der Waals surface area contributed by atoms with Crippen LogP contribution in [0.1, 0.15) is 38.5 Å². The average Bonchev–Trinajstić information content (AvgIpc) is 2.83. The molecule has 3 saturated heterocycles. The molecule has 0 aromatic carbocycles. The molecule has 102 valence electrons. The second kappa shape index (κ2) is 5.57. The molecule has 3 aliphatic rings. The summed E-state index contributed by atoms with van der Waals surface area (Å²) in [6.07, 6.45) is 7.28. The lowest BCUT2D eigenvalue weighted by Gasteiger charge is -2.33. The van der Waals surface area contributed by atoms with Crippen molar-refractivity contribution in [2.75, 3.05) is 26.2 Å². The number of nitrogens with one attached hydrogen (secondary N) is 2. The molecule has 2 N–H and O–H groups in total. The maximum atomic E-state index is 12.3. The molecule has 0 bridgehead atoms. The molecule has 3 heterocycles. The fourth-order valence-electron chi connectivity index (χ4n) is 3.79. The minimum absolute atomic E-state index is 0.205. The van der Waals surface area contributed by atoms with Crippen LogP contribution in [0, 0.1) is 5.92 Å². The zero-order valence-electron chi connectivity index (χ0n) is 11.2. The Morgan fingerprint density at radius 2 is 2.06 bits per heavy atom. The summed E-state index contributed by atoms with van der Waals surface area (Å²) in [4.78, 5) is 14.8. The summed E-state index contributed by atoms with van der Waals surface area (Å²) in [6, 6.07) is 1.04. The normalized spacial score (nSPS) is 37.2. The molecule has 3 aliphatic heterocycles. The van der Waals surface area contributed by atoms with E-state index in [-0.39, 0.29) is 5.92 Å². The Hall–Kier alpha value is -0.610. The van der Waals surface area contributed by atoms with Crippen LogP contribution in [0.15, 0.2) is 0 Å². The highest BCUT2D eigenvalue weighted by atomic mass is 16.2. The van der Waals surface area contributed by atoms with Gasteiger partial charge in [0.15, 0.2) is 0 Å². The van der Waals surface area contributed by atoms with Gasteiger partial charge in [-0.15, -0.1) is 0 Å². The van der Waals surface area contributed by atoms with E-state index in [0.717, 1.165) is 32.4 Å². The first-order valence-electron chi connectivity index (χ1n) is 7.60. The lowest BCUT2D eigenvalue weighted by molar-refractivity contribution is -0.126. The van der Waals surface area contributed by atoms with Crippen molar-refractivity contribution in [1.82, 2.24) is 15.5 Å². The molecule has 3 fully saturated rings. The molecule has 1 amide bonds. The number of carbonyl (C=O) groups is 1. The Labute approximate surface area is 109 Å². The Kier molecular flexibility index (Phi) is 3.85. The van der Waals surface area contributed by atoms with E-state index >= 15 is 0 Å². The highest BCUT2D eigenvalue weighted by Crippen LogP contribution is 2.27. The summed E-state index contributed by atoms with van der Waals surface area (Å²) in [6.45, 7) is 4.36. The van der Waals surface area contributed by atoms with Crippen LogP contribution in [0.4, 0.5) is 0 Å². The first-order valence-corrected chi connectivity index (χ1v) is 7.60. The van der Waals surface area contributed by atoms with Crippen LogP contribution in [-0.4, -0.2) is 49.1 Å². The van der Waals surface area contributed by atoms with Crippen molar-refractivity contribution >= 4 is 5.91 Å². The van der Waals surface area contributed by atoms with Crippen molar-refractivity contribution < 1.29 is 4.79 Å². The van der Waals surface area contributed by atoms with Crippen LogP contribution in [0.5, 0.6) is 0 Å². The van der Waals surface area contributed by atoms with Gasteiger partial charge in [-0.3, -0.25) is 9.69 Å². The van der Waals surface area contributed by atoms with Crippen molar-refractivity contribution in [3.05, 3.63) is 0 Å². The van der Waals surface area contributed by atoms with E-state index in [1.165, 1.54) is 32.4 Å². The van der Waals surface area contributed by atoms with Gasteiger partial charge in [0.25, 0.3) is 0 Å². The number of hydrogen-bond acceptors (Lipinski definition) is 3. The molecular weight excluding hydrogens is 226 g/mol. The molecule has 4 heteroatoms. The van der Waals surface area contributed by atoms with Crippen LogP contribution < -0.4 is 10.6 Å². The summed E-state index contributed by atoms with van der Waals surface area (Å²) < 4.78 is 0. The third-order valence-corrected chi connectivity index (χ3v) is 4.85. The van der Waals surface area contributed by atoms with Crippen LogP contribution in [-0.2, 0) is 4.79 Å². The van der Waals surface area contributed by atoms with Crippen molar-refractivity contribution in [2.24, 2.45) is 5.92 Å². The SMILES string of the molecule is O=C(NC1CCN2CCCCC12)[C@H]1CCCNC1. The lowest BCUT2D eigenvalue weighted by Crippen LogP contribution is -2.50. The van der Waals surface area contributed by atoms with Crippen LogP contribution >= 0.6 is 0 Å². The van der Waals surface area contributed by atoms with E-state index in [9.17, 15) is 4.79 Å². The number of nitrogens with zero attached hydrogens (tertiary/aromatic N) is 1. The predicted octanol–water partition coefficient (Wildman–Crippen LogP) is 0.729. The minimum atomic E-state index is 0.205. The van der Waals surface area contributed by atoms with Crippen molar-refractivity contribution in [1.29, 1.82) is 0 Å². The van der Waals surface area contributed by atoms with Crippen LogP contribution in [0.25, 0.3) is 0 Å². The first-order chi connectivity index (χ1) is 8.84. The molecule has 4 nitrogen and oxygen atoms in total. The van der Waals surface area contributed by atoms with E-state index in [2.05, 4.69) is 15.5 Å². The second-order valence-electron chi connectivity index (χ2n) is 6.05. The third-order valence-electron chi connectivity index (χ3n) is 4.85. The third kappa shape index (κ3) is 2.54. The van der Waals surface area contributed by atoms with Gasteiger partial charge in [0.05, 0.1) is 5.92 Å². The van der Waals surface area contributed by atoms with Crippen LogP contribution in [0.2, 0.25) is 0 Å². The maximum Gasteiger partial charge on any atom is 0.224 e. The zero-order chi connectivity index (χ0) is 12.4. The molecule has 18 heavy (non-hydrogen) atoms. The number of rotatable bonds is 2. The molecule has 0 saturated carbocycles. The van der Waals surface area contributed by atoms with Gasteiger partial charge in [0, 0.05) is 25.2 Å². The maximum absolute atomic E-state index is 12.3. The Morgan fingerprint density at radius 3 is 2.89 bits per heavy atom.